The molecule has 0 heterocycles. The third kappa shape index (κ3) is 3.26. The van der Waals surface area contributed by atoms with E-state index in [1.165, 1.54) is 43.3 Å². The van der Waals surface area contributed by atoms with Crippen LogP contribution in [0.15, 0.2) is 36.4 Å². The number of aromatic carboxylic acids is 2. The van der Waals surface area contributed by atoms with Crippen LogP contribution in [0.25, 0.3) is 0 Å². The van der Waals surface area contributed by atoms with Crippen molar-refractivity contribution < 1.29 is 29.5 Å². The van der Waals surface area contributed by atoms with Crippen molar-refractivity contribution in [3.05, 3.63) is 63.2 Å². The van der Waals surface area contributed by atoms with Crippen molar-refractivity contribution in [3.63, 3.8) is 0 Å². The van der Waals surface area contributed by atoms with Crippen molar-refractivity contribution in [1.82, 2.24) is 0 Å². The Kier molecular flexibility index (Phi) is 4.26. The van der Waals surface area contributed by atoms with Crippen molar-refractivity contribution in [2.75, 3.05) is 0 Å². The molecule has 0 amide bonds. The molecule has 8 nitrogen and oxygen atoms in total. The minimum atomic E-state index is -1.34. The third-order valence-electron chi connectivity index (χ3n) is 3.08. The van der Waals surface area contributed by atoms with Gasteiger partial charge >= 0.3 is 11.9 Å². The lowest BCUT2D eigenvalue weighted by molar-refractivity contribution is -0.384. The van der Waals surface area contributed by atoms with Gasteiger partial charge in [0.1, 0.15) is 16.9 Å². The van der Waals surface area contributed by atoms with Crippen molar-refractivity contribution in [2.45, 2.75) is 6.92 Å². The normalized spacial score (nSPS) is 10.1. The van der Waals surface area contributed by atoms with E-state index in [2.05, 4.69) is 0 Å². The summed E-state index contributed by atoms with van der Waals surface area (Å²) in [6.45, 7) is 1.51. The molecule has 0 fully saturated rings. The molecule has 2 aromatic rings. The number of nitro groups is 1. The van der Waals surface area contributed by atoms with E-state index >= 15 is 0 Å². The summed E-state index contributed by atoms with van der Waals surface area (Å²) < 4.78 is 5.39. The number of nitrogens with zero attached hydrogens (tertiary/aromatic N) is 1. The van der Waals surface area contributed by atoms with Gasteiger partial charge in [0.05, 0.1) is 4.92 Å². The Morgan fingerprint density at radius 1 is 1.04 bits per heavy atom. The Labute approximate surface area is 129 Å². The summed E-state index contributed by atoms with van der Waals surface area (Å²) in [5, 5.41) is 29.1. The van der Waals surface area contributed by atoms with Crippen LogP contribution in [0.3, 0.4) is 0 Å². The number of rotatable bonds is 5. The topological polar surface area (TPSA) is 127 Å². The van der Waals surface area contributed by atoms with Gasteiger partial charge in [-0.05, 0) is 30.7 Å². The molecule has 2 rings (SSSR count). The van der Waals surface area contributed by atoms with Crippen molar-refractivity contribution >= 4 is 17.6 Å². The lowest BCUT2D eigenvalue weighted by atomic mass is 10.0. The third-order valence-corrected chi connectivity index (χ3v) is 3.08. The van der Waals surface area contributed by atoms with E-state index in [1.807, 2.05) is 0 Å². The molecule has 118 valence electrons. The zero-order valence-electron chi connectivity index (χ0n) is 11.8. The lowest BCUT2D eigenvalue weighted by Crippen LogP contribution is -2.09. The second-order valence-corrected chi connectivity index (χ2v) is 4.60. The summed E-state index contributed by atoms with van der Waals surface area (Å²) >= 11 is 0. The van der Waals surface area contributed by atoms with E-state index in [4.69, 9.17) is 4.74 Å². The van der Waals surface area contributed by atoms with E-state index in [0.717, 1.165) is 0 Å². The van der Waals surface area contributed by atoms with Gasteiger partial charge in [-0.15, -0.1) is 0 Å². The number of non-ortho nitro benzene ring substituents is 1. The van der Waals surface area contributed by atoms with Gasteiger partial charge in [0.25, 0.3) is 5.69 Å². The molecule has 0 spiro atoms. The van der Waals surface area contributed by atoms with Gasteiger partial charge in [0, 0.05) is 12.1 Å². The Hall–Kier alpha value is -3.42. The first-order chi connectivity index (χ1) is 10.8. The van der Waals surface area contributed by atoms with Crippen LogP contribution in [0.4, 0.5) is 5.69 Å². The van der Waals surface area contributed by atoms with Crippen molar-refractivity contribution in [3.8, 4) is 11.5 Å². The predicted molar refractivity (Wildman–Crippen MR) is 78.3 cm³/mol. The summed E-state index contributed by atoms with van der Waals surface area (Å²) in [5.74, 6) is -2.91. The Bertz CT molecular complexity index is 796. The smallest absolute Gasteiger partial charge is 0.339 e. The molecule has 23 heavy (non-hydrogen) atoms. The molecule has 0 bridgehead atoms. The van der Waals surface area contributed by atoms with Gasteiger partial charge in [-0.1, -0.05) is 6.07 Å². The van der Waals surface area contributed by atoms with E-state index in [-0.39, 0.29) is 28.3 Å². The number of hydrogen-bond donors (Lipinski definition) is 2. The zero-order chi connectivity index (χ0) is 17.1. The summed E-state index contributed by atoms with van der Waals surface area (Å²) in [6, 6.07) is 7.48. The number of benzene rings is 2. The molecular weight excluding hydrogens is 306 g/mol. The van der Waals surface area contributed by atoms with Crippen LogP contribution in [-0.2, 0) is 0 Å². The van der Waals surface area contributed by atoms with Crippen LogP contribution < -0.4 is 4.74 Å². The molecule has 0 saturated carbocycles. The highest BCUT2D eigenvalue weighted by atomic mass is 16.6. The molecule has 0 atom stereocenters. The van der Waals surface area contributed by atoms with Crippen molar-refractivity contribution in [2.24, 2.45) is 0 Å². The van der Waals surface area contributed by atoms with Crippen LogP contribution in [0.2, 0.25) is 0 Å². The first kappa shape index (κ1) is 16.0. The summed E-state index contributed by atoms with van der Waals surface area (Å²) in [5.41, 5.74) is -0.424. The summed E-state index contributed by atoms with van der Waals surface area (Å²) in [7, 11) is 0. The highest BCUT2D eigenvalue weighted by Crippen LogP contribution is 2.32. The molecule has 0 aliphatic rings. The fraction of sp³-hybridized carbons (Fsp3) is 0.0667. The molecule has 0 aliphatic heterocycles. The van der Waals surface area contributed by atoms with Gasteiger partial charge in [0.15, 0.2) is 5.75 Å². The molecule has 2 N–H and O–H groups in total. The Morgan fingerprint density at radius 2 is 1.65 bits per heavy atom. The summed E-state index contributed by atoms with van der Waals surface area (Å²) in [4.78, 5) is 32.7. The van der Waals surface area contributed by atoms with Crippen LogP contribution >= 0.6 is 0 Å². The highest BCUT2D eigenvalue weighted by Gasteiger charge is 2.23. The van der Waals surface area contributed by atoms with Gasteiger partial charge in [-0.3, -0.25) is 10.1 Å². The number of nitro benzene ring substituents is 1. The van der Waals surface area contributed by atoms with Crippen LogP contribution in [-0.4, -0.2) is 27.1 Å². The number of carbonyl (C=O) groups is 2. The van der Waals surface area contributed by atoms with Crippen LogP contribution in [0.1, 0.15) is 26.3 Å². The molecule has 2 aromatic carbocycles. The largest absolute Gasteiger partial charge is 0.478 e. The van der Waals surface area contributed by atoms with Gasteiger partial charge in [-0.25, -0.2) is 9.59 Å². The maximum atomic E-state index is 11.4. The fourth-order valence-corrected chi connectivity index (χ4v) is 1.98. The molecule has 0 aromatic heterocycles. The monoisotopic (exact) mass is 317 g/mol. The maximum absolute atomic E-state index is 11.4. The standard InChI is InChI=1S/C15H11NO7/c1-8-2-7-11(14(17)18)13(12(8)15(19)20)23-10-5-3-9(4-6-10)16(21)22/h2-7H,1H3,(H,17,18)(H,19,20). The lowest BCUT2D eigenvalue weighted by Gasteiger charge is -2.13. The first-order valence-corrected chi connectivity index (χ1v) is 6.33. The quantitative estimate of drug-likeness (QED) is 0.640. The number of carboxylic acid groups (broad SMARTS) is 2. The Morgan fingerprint density at radius 3 is 2.13 bits per heavy atom. The van der Waals surface area contributed by atoms with E-state index in [1.54, 1.807) is 0 Å². The van der Waals surface area contributed by atoms with E-state index < -0.39 is 16.9 Å². The second-order valence-electron chi connectivity index (χ2n) is 4.60. The molecule has 0 unspecified atom stereocenters. The zero-order valence-corrected chi connectivity index (χ0v) is 11.8. The van der Waals surface area contributed by atoms with Gasteiger partial charge in [0.2, 0.25) is 0 Å². The highest BCUT2D eigenvalue weighted by molar-refractivity contribution is 6.00. The fourth-order valence-electron chi connectivity index (χ4n) is 1.98. The predicted octanol–water partition coefficient (Wildman–Crippen LogP) is 3.09. The number of carboxylic acids is 2. The molecule has 0 radical (unpaired) electrons. The average Bonchev–Trinajstić information content (AvgIpc) is 2.47. The number of aryl methyl sites for hydroxylation is 1. The van der Waals surface area contributed by atoms with Crippen LogP contribution in [0.5, 0.6) is 11.5 Å². The number of ether oxygens (including phenoxy) is 1. The average molecular weight is 317 g/mol. The second kappa shape index (κ2) is 6.14. The van der Waals surface area contributed by atoms with Gasteiger partial charge in [-0.2, -0.15) is 0 Å². The van der Waals surface area contributed by atoms with E-state index in [9.17, 15) is 29.9 Å². The maximum Gasteiger partial charge on any atom is 0.339 e. The number of hydrogen-bond acceptors (Lipinski definition) is 5. The minimum absolute atomic E-state index is 0.0891. The first-order valence-electron chi connectivity index (χ1n) is 6.33. The molecule has 0 aliphatic carbocycles. The Balaban J connectivity index is 2.52. The van der Waals surface area contributed by atoms with Crippen LogP contribution in [0, 0.1) is 17.0 Å². The van der Waals surface area contributed by atoms with E-state index in [0.29, 0.717) is 5.56 Å². The SMILES string of the molecule is Cc1ccc(C(=O)O)c(Oc2ccc([N+](=O)[O-])cc2)c1C(=O)O. The molecule has 0 saturated heterocycles. The molecular formula is C15H11NO7. The van der Waals surface area contributed by atoms with Crippen molar-refractivity contribution in [1.29, 1.82) is 0 Å². The van der Waals surface area contributed by atoms with Gasteiger partial charge < -0.3 is 14.9 Å². The summed E-state index contributed by atoms with van der Waals surface area (Å²) in [6.07, 6.45) is 0. The molecule has 8 heteroatoms. The minimum Gasteiger partial charge on any atom is -0.478 e.